The second-order valence-corrected chi connectivity index (χ2v) is 12.4. The summed E-state index contributed by atoms with van der Waals surface area (Å²) in [5.74, 6) is 0.392. The van der Waals surface area contributed by atoms with Gasteiger partial charge in [-0.1, -0.05) is 26.0 Å². The van der Waals surface area contributed by atoms with Crippen molar-refractivity contribution in [1.29, 1.82) is 0 Å². The predicted molar refractivity (Wildman–Crippen MR) is 128 cm³/mol. The number of ether oxygens (including phenoxy) is 1. The van der Waals surface area contributed by atoms with Crippen LogP contribution in [0.25, 0.3) is 0 Å². The fraction of sp³-hybridized carbons (Fsp3) is 0.840. The molecule has 6 nitrogen and oxygen atoms in total. The highest BCUT2D eigenvalue weighted by atomic mass is 16.6. The maximum absolute atomic E-state index is 13.1. The summed E-state index contributed by atoms with van der Waals surface area (Å²) >= 11 is 0. The van der Waals surface area contributed by atoms with Crippen LogP contribution in [0.4, 0.5) is 4.79 Å². The minimum Gasteiger partial charge on any atom is -0.444 e. The van der Waals surface area contributed by atoms with Gasteiger partial charge >= 0.3 is 6.09 Å². The van der Waals surface area contributed by atoms with E-state index in [9.17, 15) is 9.59 Å². The molecular formula is C25H47N3O3. The molecule has 180 valence electrons. The van der Waals surface area contributed by atoms with E-state index in [1.165, 1.54) is 0 Å². The molecule has 0 aromatic rings. The summed E-state index contributed by atoms with van der Waals surface area (Å²) in [5.41, 5.74) is -1.30. The lowest BCUT2D eigenvalue weighted by Crippen LogP contribution is -2.62. The standard InChI is InChI=1S/C25H47N3O3/c1-17(2)14-18(27-21(30)31-22(3,4)5)12-13-23(6,7)20(29)26-19-15-24(8,9)28-25(10,11)16-19/h12-13,17-19,28H,14-16H2,1-11H3,(H,26,29)(H,27,30)/b13-12+/t18-/m0/s1. The van der Waals surface area contributed by atoms with Gasteiger partial charge in [-0.05, 0) is 87.5 Å². The normalized spacial score (nSPS) is 20.5. The number of hydrogen-bond acceptors (Lipinski definition) is 4. The van der Waals surface area contributed by atoms with E-state index in [4.69, 9.17) is 4.74 Å². The van der Waals surface area contributed by atoms with E-state index >= 15 is 0 Å². The summed E-state index contributed by atoms with van der Waals surface area (Å²) in [5, 5.41) is 9.84. The van der Waals surface area contributed by atoms with Crippen LogP contribution in [-0.4, -0.2) is 40.8 Å². The zero-order chi connectivity index (χ0) is 24.3. The summed E-state index contributed by atoms with van der Waals surface area (Å²) in [6.45, 7) is 22.3. The molecule has 1 aliphatic heterocycles. The molecule has 0 bridgehead atoms. The largest absolute Gasteiger partial charge is 0.444 e. The Kier molecular flexibility index (Phi) is 8.80. The van der Waals surface area contributed by atoms with Crippen molar-refractivity contribution in [3.8, 4) is 0 Å². The number of alkyl carbamates (subject to hydrolysis) is 1. The third-order valence-electron chi connectivity index (χ3n) is 5.28. The molecule has 0 aromatic carbocycles. The third-order valence-corrected chi connectivity index (χ3v) is 5.28. The maximum Gasteiger partial charge on any atom is 0.408 e. The van der Waals surface area contributed by atoms with Crippen LogP contribution in [0.15, 0.2) is 12.2 Å². The molecule has 1 saturated heterocycles. The highest BCUT2D eigenvalue weighted by Crippen LogP contribution is 2.29. The Morgan fingerprint density at radius 1 is 1.06 bits per heavy atom. The molecular weight excluding hydrogens is 390 g/mol. The summed E-state index contributed by atoms with van der Waals surface area (Å²) in [4.78, 5) is 25.3. The van der Waals surface area contributed by atoms with Gasteiger partial charge in [0.2, 0.25) is 5.91 Å². The third kappa shape index (κ3) is 10.5. The van der Waals surface area contributed by atoms with Gasteiger partial charge in [-0.15, -0.1) is 0 Å². The van der Waals surface area contributed by atoms with Crippen LogP contribution in [0, 0.1) is 11.3 Å². The molecule has 3 N–H and O–H groups in total. The van der Waals surface area contributed by atoms with E-state index in [2.05, 4.69) is 57.5 Å². The molecule has 0 saturated carbocycles. The Morgan fingerprint density at radius 2 is 1.58 bits per heavy atom. The minimum atomic E-state index is -0.690. The van der Waals surface area contributed by atoms with E-state index in [1.54, 1.807) is 0 Å². The monoisotopic (exact) mass is 437 g/mol. The number of carbonyl (C=O) groups excluding carboxylic acids is 2. The smallest absolute Gasteiger partial charge is 0.408 e. The first kappa shape index (κ1) is 27.5. The molecule has 0 aromatic heterocycles. The highest BCUT2D eigenvalue weighted by Gasteiger charge is 2.39. The zero-order valence-corrected chi connectivity index (χ0v) is 21.7. The molecule has 1 aliphatic rings. The molecule has 0 spiro atoms. The molecule has 0 unspecified atom stereocenters. The lowest BCUT2D eigenvalue weighted by molar-refractivity contribution is -0.128. The Hall–Kier alpha value is -1.56. The van der Waals surface area contributed by atoms with Crippen LogP contribution in [0.1, 0.15) is 95.4 Å². The van der Waals surface area contributed by atoms with Gasteiger partial charge in [0.25, 0.3) is 0 Å². The molecule has 0 aliphatic carbocycles. The topological polar surface area (TPSA) is 79.5 Å². The molecule has 0 radical (unpaired) electrons. The fourth-order valence-electron chi connectivity index (χ4n) is 4.38. The maximum atomic E-state index is 13.1. The Labute approximate surface area is 190 Å². The molecule has 1 heterocycles. The van der Waals surface area contributed by atoms with Gasteiger partial charge in [0, 0.05) is 17.1 Å². The molecule has 1 atom stereocenters. The van der Waals surface area contributed by atoms with Crippen LogP contribution in [0.3, 0.4) is 0 Å². The van der Waals surface area contributed by atoms with Gasteiger partial charge in [0.05, 0.1) is 11.5 Å². The molecule has 31 heavy (non-hydrogen) atoms. The minimum absolute atomic E-state index is 0.00261. The second kappa shape index (κ2) is 9.93. The number of carbonyl (C=O) groups is 2. The number of piperidine rings is 1. The van der Waals surface area contributed by atoms with Crippen molar-refractivity contribution >= 4 is 12.0 Å². The van der Waals surface area contributed by atoms with Gasteiger partial charge in [0.15, 0.2) is 0 Å². The van der Waals surface area contributed by atoms with Crippen molar-refractivity contribution in [3.05, 3.63) is 12.2 Å². The van der Waals surface area contributed by atoms with Crippen molar-refractivity contribution in [1.82, 2.24) is 16.0 Å². The van der Waals surface area contributed by atoms with Crippen molar-refractivity contribution in [3.63, 3.8) is 0 Å². The van der Waals surface area contributed by atoms with Gasteiger partial charge in [-0.3, -0.25) is 4.79 Å². The van der Waals surface area contributed by atoms with Crippen molar-refractivity contribution < 1.29 is 14.3 Å². The first-order valence-corrected chi connectivity index (χ1v) is 11.6. The molecule has 6 heteroatoms. The Bertz CT molecular complexity index is 641. The van der Waals surface area contributed by atoms with E-state index in [0.29, 0.717) is 5.92 Å². The quantitative estimate of drug-likeness (QED) is 0.493. The second-order valence-electron chi connectivity index (χ2n) is 12.4. The first-order valence-electron chi connectivity index (χ1n) is 11.6. The molecule has 1 rings (SSSR count). The zero-order valence-electron chi connectivity index (χ0n) is 21.7. The summed E-state index contributed by atoms with van der Waals surface area (Å²) in [7, 11) is 0. The van der Waals surface area contributed by atoms with Gasteiger partial charge in [0.1, 0.15) is 5.60 Å². The number of amides is 2. The van der Waals surface area contributed by atoms with Crippen LogP contribution in [-0.2, 0) is 9.53 Å². The molecule has 2 amide bonds. The average Bonchev–Trinajstić information content (AvgIpc) is 2.46. The van der Waals surface area contributed by atoms with Crippen LogP contribution in [0.2, 0.25) is 0 Å². The number of hydrogen-bond donors (Lipinski definition) is 3. The predicted octanol–water partition coefficient (Wildman–Crippen LogP) is 4.93. The van der Waals surface area contributed by atoms with E-state index < -0.39 is 17.1 Å². The number of nitrogens with one attached hydrogen (secondary N) is 3. The average molecular weight is 438 g/mol. The Morgan fingerprint density at radius 3 is 2.03 bits per heavy atom. The van der Waals surface area contributed by atoms with Crippen molar-refractivity contribution in [2.75, 3.05) is 0 Å². The Balaban J connectivity index is 2.84. The van der Waals surface area contributed by atoms with Gasteiger partial charge in [-0.25, -0.2) is 4.79 Å². The highest BCUT2D eigenvalue weighted by molar-refractivity contribution is 5.84. The summed E-state index contributed by atoms with van der Waals surface area (Å²) in [6, 6.07) is -0.0727. The SMILES string of the molecule is CC(C)C[C@H](/C=C/C(C)(C)C(=O)NC1CC(C)(C)NC(C)(C)C1)NC(=O)OC(C)(C)C. The van der Waals surface area contributed by atoms with Crippen molar-refractivity contribution in [2.24, 2.45) is 11.3 Å². The van der Waals surface area contributed by atoms with Crippen molar-refractivity contribution in [2.45, 2.75) is 124 Å². The van der Waals surface area contributed by atoms with Crippen LogP contribution >= 0.6 is 0 Å². The van der Waals surface area contributed by atoms with Crippen LogP contribution in [0.5, 0.6) is 0 Å². The first-order chi connectivity index (χ1) is 13.8. The number of rotatable bonds is 7. The van der Waals surface area contributed by atoms with Crippen LogP contribution < -0.4 is 16.0 Å². The molecule has 1 fully saturated rings. The summed E-state index contributed by atoms with van der Waals surface area (Å²) in [6.07, 6.45) is 5.94. The lowest BCUT2D eigenvalue weighted by Gasteiger charge is -2.47. The van der Waals surface area contributed by atoms with Gasteiger partial charge in [-0.2, -0.15) is 0 Å². The van der Waals surface area contributed by atoms with E-state index in [0.717, 1.165) is 19.3 Å². The lowest BCUT2D eigenvalue weighted by atomic mass is 9.79. The van der Waals surface area contributed by atoms with E-state index in [-0.39, 0.29) is 29.1 Å². The fourth-order valence-corrected chi connectivity index (χ4v) is 4.38. The van der Waals surface area contributed by atoms with Gasteiger partial charge < -0.3 is 20.7 Å². The summed E-state index contributed by atoms with van der Waals surface area (Å²) < 4.78 is 5.40. The van der Waals surface area contributed by atoms with E-state index in [1.807, 2.05) is 46.8 Å².